The summed E-state index contributed by atoms with van der Waals surface area (Å²) < 4.78 is 0. The summed E-state index contributed by atoms with van der Waals surface area (Å²) in [5.41, 5.74) is 8.20. The summed E-state index contributed by atoms with van der Waals surface area (Å²) in [6.45, 7) is 4.53. The van der Waals surface area contributed by atoms with Crippen molar-refractivity contribution >= 4 is 29.6 Å². The van der Waals surface area contributed by atoms with Crippen molar-refractivity contribution in [1.82, 2.24) is 0 Å². The van der Waals surface area contributed by atoms with Crippen LogP contribution in [0, 0.1) is 0 Å². The van der Waals surface area contributed by atoms with Gasteiger partial charge in [-0.05, 0) is 52.6 Å². The lowest BCUT2D eigenvalue weighted by Crippen LogP contribution is -2.34. The van der Waals surface area contributed by atoms with Crippen LogP contribution in [0.5, 0.6) is 0 Å². The van der Waals surface area contributed by atoms with Crippen LogP contribution in [0.15, 0.2) is 97.1 Å². The summed E-state index contributed by atoms with van der Waals surface area (Å²) in [6.07, 6.45) is 0. The molecule has 31 heavy (non-hydrogen) atoms. The first kappa shape index (κ1) is 19.6. The Kier molecular flexibility index (Phi) is 4.69. The summed E-state index contributed by atoms with van der Waals surface area (Å²) in [7, 11) is -1.56. The molecule has 0 bridgehead atoms. The van der Waals surface area contributed by atoms with Gasteiger partial charge in [0, 0.05) is 27.9 Å². The number of benzene rings is 4. The van der Waals surface area contributed by atoms with Gasteiger partial charge in [0.25, 0.3) is 0 Å². The summed E-state index contributed by atoms with van der Waals surface area (Å²) in [5.74, 6) is 0. The van der Waals surface area contributed by atoms with Crippen LogP contribution in [0.4, 0.5) is 17.1 Å². The third-order valence-corrected chi connectivity index (χ3v) is 6.30. The number of hydrogen-bond acceptors (Lipinski definition) is 3. The molecule has 0 amide bonds. The first-order valence-electron chi connectivity index (χ1n) is 10.5. The van der Waals surface area contributed by atoms with Crippen LogP contribution in [0.25, 0.3) is 11.1 Å². The van der Waals surface area contributed by atoms with Crippen molar-refractivity contribution in [1.29, 1.82) is 0 Å². The highest BCUT2D eigenvalue weighted by molar-refractivity contribution is 6.60. The lowest BCUT2D eigenvalue weighted by Gasteiger charge is -2.29. The fourth-order valence-electron chi connectivity index (χ4n) is 4.75. The van der Waals surface area contributed by atoms with E-state index in [0.29, 0.717) is 5.46 Å². The van der Waals surface area contributed by atoms with Gasteiger partial charge in [0.15, 0.2) is 0 Å². The zero-order valence-electron chi connectivity index (χ0n) is 17.7. The maximum atomic E-state index is 10.0. The van der Waals surface area contributed by atoms with E-state index in [2.05, 4.69) is 61.2 Å². The Hall–Kier alpha value is -3.34. The highest BCUT2D eigenvalue weighted by Gasteiger charge is 2.35. The maximum absolute atomic E-state index is 10.0. The van der Waals surface area contributed by atoms with E-state index in [0.717, 1.165) is 17.1 Å². The Balaban J connectivity index is 1.73. The first-order chi connectivity index (χ1) is 15.0. The minimum absolute atomic E-state index is 0.111. The van der Waals surface area contributed by atoms with Crippen molar-refractivity contribution in [2.45, 2.75) is 19.3 Å². The first-order valence-corrected chi connectivity index (χ1v) is 10.5. The number of anilines is 3. The van der Waals surface area contributed by atoms with Gasteiger partial charge in [-0.2, -0.15) is 0 Å². The second-order valence-electron chi connectivity index (χ2n) is 8.50. The monoisotopic (exact) mass is 405 g/mol. The summed E-state index contributed by atoms with van der Waals surface area (Å²) in [6, 6.07) is 32.6. The fraction of sp³-hybridized carbons (Fsp3) is 0.111. The molecule has 4 aromatic rings. The van der Waals surface area contributed by atoms with Crippen LogP contribution in [0.2, 0.25) is 0 Å². The van der Waals surface area contributed by atoms with Gasteiger partial charge < -0.3 is 14.9 Å². The molecular weight excluding hydrogens is 381 g/mol. The number of fused-ring (bicyclic) bond motifs is 3. The number of nitrogens with zero attached hydrogens (tertiary/aromatic N) is 1. The molecule has 0 aliphatic heterocycles. The molecule has 1 aliphatic rings. The molecule has 5 rings (SSSR count). The van der Waals surface area contributed by atoms with E-state index in [1.54, 1.807) is 6.07 Å². The van der Waals surface area contributed by atoms with Crippen molar-refractivity contribution in [2.24, 2.45) is 0 Å². The molecule has 0 radical (unpaired) electrons. The molecule has 4 heteroatoms. The summed E-state index contributed by atoms with van der Waals surface area (Å²) >= 11 is 0. The molecule has 0 saturated carbocycles. The van der Waals surface area contributed by atoms with Gasteiger partial charge in [-0.15, -0.1) is 0 Å². The molecule has 0 atom stereocenters. The molecule has 0 saturated heterocycles. The molecule has 4 aromatic carbocycles. The molecule has 152 valence electrons. The van der Waals surface area contributed by atoms with E-state index in [4.69, 9.17) is 0 Å². The lowest BCUT2D eigenvalue weighted by atomic mass is 9.78. The van der Waals surface area contributed by atoms with Crippen LogP contribution < -0.4 is 10.4 Å². The van der Waals surface area contributed by atoms with Crippen molar-refractivity contribution in [2.75, 3.05) is 4.90 Å². The minimum atomic E-state index is -1.56. The molecule has 1 aliphatic carbocycles. The van der Waals surface area contributed by atoms with Crippen molar-refractivity contribution in [3.05, 3.63) is 108 Å². The molecule has 0 aromatic heterocycles. The van der Waals surface area contributed by atoms with Crippen LogP contribution >= 0.6 is 0 Å². The second kappa shape index (κ2) is 7.42. The number of hydrogen-bond donors (Lipinski definition) is 2. The van der Waals surface area contributed by atoms with Gasteiger partial charge in [-0.3, -0.25) is 0 Å². The highest BCUT2D eigenvalue weighted by atomic mass is 16.4. The van der Waals surface area contributed by atoms with Crippen molar-refractivity contribution < 1.29 is 10.0 Å². The van der Waals surface area contributed by atoms with E-state index in [-0.39, 0.29) is 5.41 Å². The minimum Gasteiger partial charge on any atom is -0.423 e. The van der Waals surface area contributed by atoms with Gasteiger partial charge in [0.05, 0.1) is 0 Å². The predicted molar refractivity (Wildman–Crippen MR) is 129 cm³/mol. The molecule has 0 heterocycles. The smallest absolute Gasteiger partial charge is 0.423 e. The molecular formula is C27H24BNO2. The molecule has 0 fully saturated rings. The fourth-order valence-corrected chi connectivity index (χ4v) is 4.75. The zero-order chi connectivity index (χ0) is 21.6. The van der Waals surface area contributed by atoms with E-state index in [1.807, 2.05) is 48.5 Å². The number of para-hydroxylation sites is 2. The van der Waals surface area contributed by atoms with Gasteiger partial charge in [-0.25, -0.2) is 0 Å². The normalized spacial score (nSPS) is 13.4. The predicted octanol–water partition coefficient (Wildman–Crippen LogP) is 5.14. The quantitative estimate of drug-likeness (QED) is 0.462. The number of rotatable bonds is 4. The standard InChI is InChI=1S/C27H24BNO2/c1-27(2)23-13-7-6-12-21(23)22-17-16-20(18-24(22)27)29(19-10-4-3-5-11-19)26-15-9-8-14-25(26)28(30)31/h3-18,30-31H,1-2H3. The Morgan fingerprint density at radius 2 is 1.29 bits per heavy atom. The second-order valence-corrected chi connectivity index (χ2v) is 8.50. The van der Waals surface area contributed by atoms with Crippen molar-refractivity contribution in [3.63, 3.8) is 0 Å². The Bertz CT molecular complexity index is 1250. The molecule has 0 unspecified atom stereocenters. The lowest BCUT2D eigenvalue weighted by molar-refractivity contribution is 0.426. The highest BCUT2D eigenvalue weighted by Crippen LogP contribution is 2.50. The SMILES string of the molecule is CC1(C)c2ccccc2-c2ccc(N(c3ccccc3)c3ccccc3B(O)O)cc21. The molecule has 0 spiro atoms. The summed E-state index contributed by atoms with van der Waals surface area (Å²) in [4.78, 5) is 2.09. The van der Waals surface area contributed by atoms with E-state index >= 15 is 0 Å². The molecule has 2 N–H and O–H groups in total. The maximum Gasteiger partial charge on any atom is 0.490 e. The van der Waals surface area contributed by atoms with Gasteiger partial charge in [0.1, 0.15) is 0 Å². The average molecular weight is 405 g/mol. The Labute approximate surface area is 183 Å². The van der Waals surface area contributed by atoms with E-state index in [1.165, 1.54) is 22.3 Å². The average Bonchev–Trinajstić information content (AvgIpc) is 3.02. The van der Waals surface area contributed by atoms with E-state index in [9.17, 15) is 10.0 Å². The zero-order valence-corrected chi connectivity index (χ0v) is 17.7. The third-order valence-electron chi connectivity index (χ3n) is 6.30. The van der Waals surface area contributed by atoms with Crippen LogP contribution in [0.3, 0.4) is 0 Å². The van der Waals surface area contributed by atoms with E-state index < -0.39 is 7.12 Å². The van der Waals surface area contributed by atoms with Gasteiger partial charge >= 0.3 is 7.12 Å². The van der Waals surface area contributed by atoms with Gasteiger partial charge in [-0.1, -0.05) is 80.6 Å². The van der Waals surface area contributed by atoms with Crippen molar-refractivity contribution in [3.8, 4) is 11.1 Å². The van der Waals surface area contributed by atoms with Crippen LogP contribution in [0.1, 0.15) is 25.0 Å². The van der Waals surface area contributed by atoms with Gasteiger partial charge in [0.2, 0.25) is 0 Å². The summed E-state index contributed by atoms with van der Waals surface area (Å²) in [5, 5.41) is 20.1. The Morgan fingerprint density at radius 3 is 2.06 bits per heavy atom. The largest absolute Gasteiger partial charge is 0.490 e. The van der Waals surface area contributed by atoms with Crippen LogP contribution in [-0.4, -0.2) is 17.2 Å². The molecule has 3 nitrogen and oxygen atoms in total. The Morgan fingerprint density at radius 1 is 0.645 bits per heavy atom. The topological polar surface area (TPSA) is 43.7 Å². The van der Waals surface area contributed by atoms with Crippen LogP contribution in [-0.2, 0) is 5.41 Å². The third kappa shape index (κ3) is 3.16.